The van der Waals surface area contributed by atoms with Gasteiger partial charge in [-0.05, 0) is 48.0 Å². The van der Waals surface area contributed by atoms with Crippen molar-refractivity contribution in [3.8, 4) is 11.5 Å². The molecule has 0 aliphatic carbocycles. The Bertz CT molecular complexity index is 1270. The van der Waals surface area contributed by atoms with Gasteiger partial charge in [-0.3, -0.25) is 9.78 Å². The predicted octanol–water partition coefficient (Wildman–Crippen LogP) is 5.06. The van der Waals surface area contributed by atoms with Crippen LogP contribution in [0.5, 0.6) is 11.5 Å². The van der Waals surface area contributed by atoms with Gasteiger partial charge in [0.1, 0.15) is 23.7 Å². The van der Waals surface area contributed by atoms with E-state index < -0.39 is 5.91 Å². The molecule has 33 heavy (non-hydrogen) atoms. The normalized spacial score (nSPS) is 10.7. The Kier molecular flexibility index (Phi) is 7.12. The van der Waals surface area contributed by atoms with E-state index >= 15 is 0 Å². The molecule has 2 heterocycles. The van der Waals surface area contributed by atoms with E-state index in [9.17, 15) is 9.90 Å². The summed E-state index contributed by atoms with van der Waals surface area (Å²) in [5.74, 6) is 0.326. The lowest BCUT2D eigenvalue weighted by molar-refractivity contribution is 0.0943. The maximum atomic E-state index is 12.8. The van der Waals surface area contributed by atoms with Crippen molar-refractivity contribution >= 4 is 45.8 Å². The summed E-state index contributed by atoms with van der Waals surface area (Å²) in [4.78, 5) is 21.4. The molecule has 0 unspecified atom stereocenters. The number of rotatable bonds is 8. The smallest absolute Gasteiger partial charge is 0.274 e. The number of nitrogens with one attached hydrogen (secondary N) is 2. The van der Waals surface area contributed by atoms with Crippen molar-refractivity contribution in [1.82, 2.24) is 15.3 Å². The molecule has 1 amide bonds. The van der Waals surface area contributed by atoms with E-state index in [1.165, 1.54) is 0 Å². The number of hydrogen-bond donors (Lipinski definition) is 3. The number of carbonyl (C=O) groups excluding carboxylic acids is 1. The van der Waals surface area contributed by atoms with E-state index in [2.05, 4.69) is 20.6 Å². The van der Waals surface area contributed by atoms with Crippen LogP contribution in [0.25, 0.3) is 10.9 Å². The molecular formula is C24H20Cl2N4O3. The molecule has 0 bridgehead atoms. The highest BCUT2D eigenvalue weighted by molar-refractivity contribution is 6.34. The second-order valence-corrected chi connectivity index (χ2v) is 7.98. The molecule has 4 aromatic rings. The number of benzene rings is 2. The van der Waals surface area contributed by atoms with Gasteiger partial charge in [0.25, 0.3) is 5.91 Å². The summed E-state index contributed by atoms with van der Waals surface area (Å²) in [6, 6.07) is 17.9. The lowest BCUT2D eigenvalue weighted by Crippen LogP contribution is -2.24. The van der Waals surface area contributed by atoms with Crippen molar-refractivity contribution in [2.24, 2.45) is 0 Å². The van der Waals surface area contributed by atoms with Crippen molar-refractivity contribution in [2.45, 2.75) is 6.54 Å². The number of halogens is 2. The van der Waals surface area contributed by atoms with Gasteiger partial charge in [-0.2, -0.15) is 0 Å². The quantitative estimate of drug-likeness (QED) is 0.303. The molecule has 0 fully saturated rings. The van der Waals surface area contributed by atoms with Crippen LogP contribution in [-0.4, -0.2) is 34.1 Å². The minimum Gasteiger partial charge on any atom is -0.504 e. The number of aromatic hydroxyl groups is 1. The average molecular weight is 483 g/mol. The summed E-state index contributed by atoms with van der Waals surface area (Å²) in [5.41, 5.74) is 0.853. The van der Waals surface area contributed by atoms with Crippen LogP contribution in [0.2, 0.25) is 10.0 Å². The monoisotopic (exact) mass is 482 g/mol. The fourth-order valence-corrected chi connectivity index (χ4v) is 3.82. The number of nitrogens with zero attached hydrogens (tertiary/aromatic N) is 2. The third-order valence-corrected chi connectivity index (χ3v) is 5.17. The summed E-state index contributed by atoms with van der Waals surface area (Å²) in [7, 11) is 0. The molecule has 0 saturated carbocycles. The van der Waals surface area contributed by atoms with Gasteiger partial charge in [-0.25, -0.2) is 4.98 Å². The fourth-order valence-electron chi connectivity index (χ4n) is 3.25. The highest BCUT2D eigenvalue weighted by Gasteiger charge is 2.20. The summed E-state index contributed by atoms with van der Waals surface area (Å²) >= 11 is 12.0. The SMILES string of the molecule is O=C(NCc1cc(Cl)cc(Cl)c1)c1nc(NCCOc2ccccc2)c2cccnc2c1O. The van der Waals surface area contributed by atoms with Gasteiger partial charge >= 0.3 is 0 Å². The van der Waals surface area contributed by atoms with Crippen LogP contribution in [0.3, 0.4) is 0 Å². The van der Waals surface area contributed by atoms with E-state index in [1.807, 2.05) is 30.3 Å². The number of ether oxygens (including phenoxy) is 1. The first-order chi connectivity index (χ1) is 16.0. The molecule has 0 saturated heterocycles. The fraction of sp³-hybridized carbons (Fsp3) is 0.125. The Morgan fingerprint density at radius 1 is 1.03 bits per heavy atom. The molecule has 0 aliphatic rings. The van der Waals surface area contributed by atoms with Gasteiger partial charge in [0.2, 0.25) is 0 Å². The Morgan fingerprint density at radius 3 is 2.55 bits per heavy atom. The predicted molar refractivity (Wildman–Crippen MR) is 129 cm³/mol. The van der Waals surface area contributed by atoms with Crippen molar-refractivity contribution in [3.63, 3.8) is 0 Å². The molecule has 7 nitrogen and oxygen atoms in total. The summed E-state index contributed by atoms with van der Waals surface area (Å²) in [5, 5.41) is 18.1. The molecule has 4 rings (SSSR count). The molecule has 0 aliphatic heterocycles. The van der Waals surface area contributed by atoms with E-state index in [1.54, 1.807) is 36.5 Å². The zero-order valence-electron chi connectivity index (χ0n) is 17.4. The maximum absolute atomic E-state index is 12.8. The highest BCUT2D eigenvalue weighted by atomic mass is 35.5. The third-order valence-electron chi connectivity index (χ3n) is 4.73. The maximum Gasteiger partial charge on any atom is 0.274 e. The van der Waals surface area contributed by atoms with Gasteiger partial charge in [-0.15, -0.1) is 0 Å². The molecule has 168 valence electrons. The van der Waals surface area contributed by atoms with Gasteiger partial charge in [0.05, 0.1) is 6.54 Å². The van der Waals surface area contributed by atoms with E-state index in [4.69, 9.17) is 27.9 Å². The average Bonchev–Trinajstić information content (AvgIpc) is 2.82. The van der Waals surface area contributed by atoms with Gasteiger partial charge < -0.3 is 20.5 Å². The first kappa shape index (κ1) is 22.6. The molecule has 0 spiro atoms. The summed E-state index contributed by atoms with van der Waals surface area (Å²) in [6.07, 6.45) is 1.54. The zero-order chi connectivity index (χ0) is 23.2. The number of para-hydroxylation sites is 1. The summed E-state index contributed by atoms with van der Waals surface area (Å²) in [6.45, 7) is 0.971. The first-order valence-corrected chi connectivity index (χ1v) is 10.9. The Hall–Kier alpha value is -3.55. The van der Waals surface area contributed by atoms with Crippen LogP contribution < -0.4 is 15.4 Å². The van der Waals surface area contributed by atoms with Crippen molar-refractivity contribution in [2.75, 3.05) is 18.5 Å². The molecule has 2 aromatic heterocycles. The molecular weight excluding hydrogens is 463 g/mol. The largest absolute Gasteiger partial charge is 0.504 e. The topological polar surface area (TPSA) is 96.4 Å². The van der Waals surface area contributed by atoms with Crippen molar-refractivity contribution < 1.29 is 14.6 Å². The minimum atomic E-state index is -0.556. The number of fused-ring (bicyclic) bond motifs is 1. The van der Waals surface area contributed by atoms with Crippen LogP contribution in [-0.2, 0) is 6.54 Å². The second-order valence-electron chi connectivity index (χ2n) is 7.11. The second kappa shape index (κ2) is 10.4. The molecule has 2 aromatic carbocycles. The zero-order valence-corrected chi connectivity index (χ0v) is 18.9. The van der Waals surface area contributed by atoms with Gasteiger partial charge in [-0.1, -0.05) is 41.4 Å². The molecule has 0 atom stereocenters. The Morgan fingerprint density at radius 2 is 1.79 bits per heavy atom. The Labute approximate surface area is 200 Å². The van der Waals surface area contributed by atoms with Crippen LogP contribution in [0.15, 0.2) is 66.9 Å². The minimum absolute atomic E-state index is 0.138. The summed E-state index contributed by atoms with van der Waals surface area (Å²) < 4.78 is 5.69. The Balaban J connectivity index is 1.51. The first-order valence-electron chi connectivity index (χ1n) is 10.1. The lowest BCUT2D eigenvalue weighted by Gasteiger charge is -2.14. The molecule has 9 heteroatoms. The molecule has 3 N–H and O–H groups in total. The molecule has 0 radical (unpaired) electrons. The third kappa shape index (κ3) is 5.63. The number of amides is 1. The van der Waals surface area contributed by atoms with E-state index in [0.29, 0.717) is 34.4 Å². The number of hydrogen-bond acceptors (Lipinski definition) is 6. The number of pyridine rings is 2. The number of anilines is 1. The van der Waals surface area contributed by atoms with Crippen LogP contribution in [0.4, 0.5) is 5.82 Å². The number of aromatic nitrogens is 2. The number of carbonyl (C=O) groups is 1. The van der Waals surface area contributed by atoms with Crippen molar-refractivity contribution in [1.29, 1.82) is 0 Å². The van der Waals surface area contributed by atoms with E-state index in [0.717, 1.165) is 11.3 Å². The highest BCUT2D eigenvalue weighted by Crippen LogP contribution is 2.30. The van der Waals surface area contributed by atoms with Crippen LogP contribution >= 0.6 is 23.2 Å². The van der Waals surface area contributed by atoms with E-state index in [-0.39, 0.29) is 23.5 Å². The van der Waals surface area contributed by atoms with Gasteiger partial charge in [0, 0.05) is 28.2 Å². The standard InChI is InChI=1S/C24H20Cl2N4O3/c25-16-11-15(12-17(26)13-16)14-29-24(32)21-22(31)20-19(7-4-8-27-20)23(30-21)28-9-10-33-18-5-2-1-3-6-18/h1-8,11-13,31H,9-10,14H2,(H,28,30)(H,29,32). The van der Waals surface area contributed by atoms with Crippen LogP contribution in [0, 0.1) is 0 Å². The van der Waals surface area contributed by atoms with Crippen LogP contribution in [0.1, 0.15) is 16.1 Å². The van der Waals surface area contributed by atoms with Gasteiger partial charge in [0.15, 0.2) is 11.4 Å². The van der Waals surface area contributed by atoms with Crippen molar-refractivity contribution in [3.05, 3.63) is 88.2 Å². The lowest BCUT2D eigenvalue weighted by atomic mass is 10.2.